The van der Waals surface area contributed by atoms with Gasteiger partial charge in [0.25, 0.3) is 0 Å². The second kappa shape index (κ2) is 13.0. The van der Waals surface area contributed by atoms with Gasteiger partial charge in [0.2, 0.25) is 23.6 Å². The molecule has 0 aromatic carbocycles. The fraction of sp³-hybridized carbons (Fsp3) is 0.579. The van der Waals surface area contributed by atoms with E-state index in [1.54, 1.807) is 0 Å². The Morgan fingerprint density at radius 2 is 1.81 bits per heavy atom. The lowest BCUT2D eigenvalue weighted by Crippen LogP contribution is -2.54. The lowest BCUT2D eigenvalue weighted by molar-refractivity contribution is -0.141. The largest absolute Gasteiger partial charge is 0.480 e. The summed E-state index contributed by atoms with van der Waals surface area (Å²) in [6.45, 7) is 3.24. The Morgan fingerprint density at radius 1 is 1.12 bits per heavy atom. The van der Waals surface area contributed by atoms with Crippen molar-refractivity contribution in [3.05, 3.63) is 18.2 Å². The zero-order chi connectivity index (χ0) is 24.3. The van der Waals surface area contributed by atoms with Crippen LogP contribution in [0.3, 0.4) is 0 Å². The third-order valence-corrected chi connectivity index (χ3v) is 4.41. The highest BCUT2D eigenvalue weighted by atomic mass is 16.4. The van der Waals surface area contributed by atoms with Crippen molar-refractivity contribution in [1.29, 1.82) is 0 Å². The molecule has 0 aliphatic carbocycles. The summed E-state index contributed by atoms with van der Waals surface area (Å²) in [5, 5.41) is 16.4. The highest BCUT2D eigenvalue weighted by molar-refractivity contribution is 5.92. The summed E-state index contributed by atoms with van der Waals surface area (Å²) < 4.78 is 0. The van der Waals surface area contributed by atoms with Crippen LogP contribution in [0.4, 0.5) is 0 Å². The first-order valence-electron chi connectivity index (χ1n) is 10.1. The summed E-state index contributed by atoms with van der Waals surface area (Å²) in [6, 6.07) is -3.22. The Kier molecular flexibility index (Phi) is 10.8. The molecule has 0 saturated carbocycles. The first kappa shape index (κ1) is 26.6. The summed E-state index contributed by atoms with van der Waals surface area (Å²) >= 11 is 0. The van der Waals surface area contributed by atoms with Crippen LogP contribution in [0.15, 0.2) is 12.5 Å². The summed E-state index contributed by atoms with van der Waals surface area (Å²) in [4.78, 5) is 65.9. The number of nitrogens with zero attached hydrogens (tertiary/aromatic N) is 1. The number of amides is 4. The van der Waals surface area contributed by atoms with Crippen LogP contribution in [0.5, 0.6) is 0 Å². The van der Waals surface area contributed by atoms with Gasteiger partial charge < -0.3 is 37.5 Å². The zero-order valence-corrected chi connectivity index (χ0v) is 18.1. The van der Waals surface area contributed by atoms with E-state index in [0.29, 0.717) is 12.1 Å². The minimum absolute atomic E-state index is 0.0277. The SMILES string of the molecule is CC(C)CC(N)C(=O)NC(CCC(N)=O)C(=O)NCC(=O)NC(Cc1cnc[nH]1)C(=O)O. The maximum Gasteiger partial charge on any atom is 0.326 e. The minimum atomic E-state index is -1.26. The number of nitrogens with one attached hydrogen (secondary N) is 4. The normalized spacial score (nSPS) is 13.6. The molecule has 0 bridgehead atoms. The van der Waals surface area contributed by atoms with E-state index in [0.717, 1.165) is 0 Å². The van der Waals surface area contributed by atoms with Gasteiger partial charge in [-0.1, -0.05) is 13.8 Å². The number of carboxylic acid groups (broad SMARTS) is 1. The molecule has 0 radical (unpaired) electrons. The van der Waals surface area contributed by atoms with Gasteiger partial charge in [-0.15, -0.1) is 0 Å². The van der Waals surface area contributed by atoms with E-state index >= 15 is 0 Å². The van der Waals surface area contributed by atoms with Crippen LogP contribution < -0.4 is 27.4 Å². The molecule has 13 nitrogen and oxygen atoms in total. The molecule has 1 rings (SSSR count). The number of hydrogen-bond donors (Lipinski definition) is 7. The van der Waals surface area contributed by atoms with E-state index in [1.165, 1.54) is 12.5 Å². The molecular weight excluding hydrogens is 422 g/mol. The number of primary amides is 1. The number of carboxylic acids is 1. The number of nitrogens with two attached hydrogens (primary N) is 2. The van der Waals surface area contributed by atoms with Crippen LogP contribution in [-0.4, -0.2) is 69.3 Å². The molecule has 0 aliphatic rings. The van der Waals surface area contributed by atoms with Crippen molar-refractivity contribution < 1.29 is 29.1 Å². The molecule has 3 atom stereocenters. The fourth-order valence-corrected chi connectivity index (χ4v) is 2.80. The second-order valence-corrected chi connectivity index (χ2v) is 7.76. The highest BCUT2D eigenvalue weighted by Crippen LogP contribution is 2.05. The van der Waals surface area contributed by atoms with Gasteiger partial charge in [-0.2, -0.15) is 0 Å². The summed E-state index contributed by atoms with van der Waals surface area (Å²) in [7, 11) is 0. The number of H-pyrrole nitrogens is 1. The molecule has 0 aliphatic heterocycles. The van der Waals surface area contributed by atoms with Gasteiger partial charge in [-0.25, -0.2) is 9.78 Å². The van der Waals surface area contributed by atoms with E-state index in [-0.39, 0.29) is 25.2 Å². The fourth-order valence-electron chi connectivity index (χ4n) is 2.80. The van der Waals surface area contributed by atoms with Crippen molar-refractivity contribution in [2.24, 2.45) is 17.4 Å². The average Bonchev–Trinajstić information content (AvgIpc) is 3.20. The molecule has 13 heteroatoms. The van der Waals surface area contributed by atoms with Crippen molar-refractivity contribution in [1.82, 2.24) is 25.9 Å². The molecule has 9 N–H and O–H groups in total. The molecule has 1 aromatic rings. The van der Waals surface area contributed by atoms with Crippen LogP contribution in [0.25, 0.3) is 0 Å². The summed E-state index contributed by atoms with van der Waals surface area (Å²) in [5.41, 5.74) is 11.5. The Hall–Kier alpha value is -3.48. The predicted octanol–water partition coefficient (Wildman–Crippen LogP) is -2.24. The van der Waals surface area contributed by atoms with Gasteiger partial charge in [-0.3, -0.25) is 19.2 Å². The van der Waals surface area contributed by atoms with Gasteiger partial charge in [0, 0.05) is 24.7 Å². The summed E-state index contributed by atoms with van der Waals surface area (Å²) in [5.74, 6) is -3.82. The van der Waals surface area contributed by atoms with Crippen molar-refractivity contribution in [2.75, 3.05) is 6.54 Å². The smallest absolute Gasteiger partial charge is 0.326 e. The van der Waals surface area contributed by atoms with Crippen LogP contribution in [0, 0.1) is 5.92 Å². The standard InChI is InChI=1S/C19H31N7O6/c1-10(2)5-12(20)17(29)26-13(3-4-15(21)27)18(30)23-8-16(28)25-14(19(31)32)6-11-7-22-9-24-11/h7,9-10,12-14H,3-6,8,20H2,1-2H3,(H2,21,27)(H,22,24)(H,23,30)(H,25,28)(H,26,29)(H,31,32). The van der Waals surface area contributed by atoms with Gasteiger partial charge in [-0.05, 0) is 18.8 Å². The van der Waals surface area contributed by atoms with Crippen LogP contribution in [-0.2, 0) is 30.4 Å². The maximum absolute atomic E-state index is 12.5. The second-order valence-electron chi connectivity index (χ2n) is 7.76. The quantitative estimate of drug-likeness (QED) is 0.163. The molecule has 32 heavy (non-hydrogen) atoms. The zero-order valence-electron chi connectivity index (χ0n) is 18.1. The van der Waals surface area contributed by atoms with Gasteiger partial charge in [0.15, 0.2) is 0 Å². The van der Waals surface area contributed by atoms with Crippen molar-refractivity contribution >= 4 is 29.6 Å². The Balaban J connectivity index is 2.66. The van der Waals surface area contributed by atoms with Gasteiger partial charge >= 0.3 is 5.97 Å². The van der Waals surface area contributed by atoms with Gasteiger partial charge in [0.05, 0.1) is 18.9 Å². The predicted molar refractivity (Wildman–Crippen MR) is 113 cm³/mol. The monoisotopic (exact) mass is 453 g/mol. The minimum Gasteiger partial charge on any atom is -0.480 e. The van der Waals surface area contributed by atoms with E-state index in [2.05, 4.69) is 25.9 Å². The number of carbonyl (C=O) groups is 5. The lowest BCUT2D eigenvalue weighted by atomic mass is 10.0. The van der Waals surface area contributed by atoms with E-state index in [1.807, 2.05) is 13.8 Å². The van der Waals surface area contributed by atoms with Crippen molar-refractivity contribution in [3.63, 3.8) is 0 Å². The number of imidazole rings is 1. The van der Waals surface area contributed by atoms with E-state index < -0.39 is 54.3 Å². The van der Waals surface area contributed by atoms with Crippen LogP contribution >= 0.6 is 0 Å². The Bertz CT molecular complexity index is 796. The highest BCUT2D eigenvalue weighted by Gasteiger charge is 2.26. The van der Waals surface area contributed by atoms with Crippen LogP contribution in [0.1, 0.15) is 38.8 Å². The van der Waals surface area contributed by atoms with E-state index in [4.69, 9.17) is 11.5 Å². The number of hydrogen-bond acceptors (Lipinski definition) is 7. The topological polar surface area (TPSA) is 222 Å². The first-order chi connectivity index (χ1) is 15.0. The number of carbonyl (C=O) groups excluding carboxylic acids is 4. The van der Waals surface area contributed by atoms with Gasteiger partial charge in [0.1, 0.15) is 12.1 Å². The molecule has 3 unspecified atom stereocenters. The van der Waals surface area contributed by atoms with Crippen LogP contribution in [0.2, 0.25) is 0 Å². The number of aliphatic carboxylic acids is 1. The Labute approximate surface area is 185 Å². The average molecular weight is 454 g/mol. The third-order valence-electron chi connectivity index (χ3n) is 4.41. The summed E-state index contributed by atoms with van der Waals surface area (Å²) in [6.07, 6.45) is 2.92. The molecular formula is C19H31N7O6. The maximum atomic E-state index is 12.5. The molecule has 1 heterocycles. The third kappa shape index (κ3) is 10.0. The number of aromatic amines is 1. The molecule has 178 valence electrons. The molecule has 0 saturated heterocycles. The molecule has 0 fully saturated rings. The van der Waals surface area contributed by atoms with E-state index in [9.17, 15) is 29.1 Å². The molecule has 4 amide bonds. The Morgan fingerprint density at radius 3 is 2.34 bits per heavy atom. The lowest BCUT2D eigenvalue weighted by Gasteiger charge is -2.21. The number of aromatic nitrogens is 2. The molecule has 1 aromatic heterocycles. The first-order valence-corrected chi connectivity index (χ1v) is 10.1. The number of rotatable bonds is 14. The molecule has 0 spiro atoms. The van der Waals surface area contributed by atoms with Crippen molar-refractivity contribution in [2.45, 2.75) is 57.7 Å². The van der Waals surface area contributed by atoms with Crippen molar-refractivity contribution in [3.8, 4) is 0 Å².